The standard InChI is InChI=1S/C18H24N2O2/c1-5-13(2)20-17(10-9-15(12-19-3)18(20)21)14-7-6-8-16(11-14)22-4/h6-11,13,19H,5,12H2,1-4H3. The van der Waals surface area contributed by atoms with Gasteiger partial charge in [0.15, 0.2) is 0 Å². The lowest BCUT2D eigenvalue weighted by atomic mass is 10.1. The van der Waals surface area contributed by atoms with Crippen LogP contribution in [0.2, 0.25) is 0 Å². The van der Waals surface area contributed by atoms with Crippen molar-refractivity contribution in [2.45, 2.75) is 32.9 Å². The fourth-order valence-electron chi connectivity index (χ4n) is 2.56. The summed E-state index contributed by atoms with van der Waals surface area (Å²) in [5, 5.41) is 3.05. The van der Waals surface area contributed by atoms with Gasteiger partial charge in [0.2, 0.25) is 0 Å². The molecule has 0 saturated heterocycles. The average Bonchev–Trinajstić information content (AvgIpc) is 2.56. The summed E-state index contributed by atoms with van der Waals surface area (Å²) in [6.07, 6.45) is 0.903. The van der Waals surface area contributed by atoms with Crippen LogP contribution in [-0.2, 0) is 6.54 Å². The summed E-state index contributed by atoms with van der Waals surface area (Å²) in [5.74, 6) is 0.792. The number of hydrogen-bond acceptors (Lipinski definition) is 3. The highest BCUT2D eigenvalue weighted by atomic mass is 16.5. The molecule has 1 N–H and O–H groups in total. The Morgan fingerprint density at radius 1 is 1.27 bits per heavy atom. The molecule has 0 bridgehead atoms. The lowest BCUT2D eigenvalue weighted by molar-refractivity contribution is 0.415. The molecule has 1 atom stereocenters. The van der Waals surface area contributed by atoms with Crippen LogP contribution < -0.4 is 15.6 Å². The zero-order valence-electron chi connectivity index (χ0n) is 13.7. The Hall–Kier alpha value is -2.07. The summed E-state index contributed by atoms with van der Waals surface area (Å²) < 4.78 is 7.19. The summed E-state index contributed by atoms with van der Waals surface area (Å²) in [6, 6.07) is 11.9. The Morgan fingerprint density at radius 3 is 2.68 bits per heavy atom. The molecule has 0 amide bonds. The topological polar surface area (TPSA) is 43.3 Å². The minimum Gasteiger partial charge on any atom is -0.497 e. The maximum Gasteiger partial charge on any atom is 0.255 e. The number of ether oxygens (including phenoxy) is 1. The van der Waals surface area contributed by atoms with E-state index in [1.807, 2.05) is 48.0 Å². The first-order chi connectivity index (χ1) is 10.6. The number of methoxy groups -OCH3 is 1. The SMILES string of the molecule is CCC(C)n1c(-c2cccc(OC)c2)ccc(CNC)c1=O. The smallest absolute Gasteiger partial charge is 0.255 e. The van der Waals surface area contributed by atoms with E-state index >= 15 is 0 Å². The summed E-state index contributed by atoms with van der Waals surface area (Å²) in [5.41, 5.74) is 2.78. The van der Waals surface area contributed by atoms with Crippen LogP contribution in [-0.4, -0.2) is 18.7 Å². The van der Waals surface area contributed by atoms with Crippen LogP contribution in [0.25, 0.3) is 11.3 Å². The Balaban J connectivity index is 2.64. The van der Waals surface area contributed by atoms with E-state index in [0.717, 1.165) is 29.0 Å². The third-order valence-electron chi connectivity index (χ3n) is 3.96. The van der Waals surface area contributed by atoms with Crippen LogP contribution in [0.1, 0.15) is 31.9 Å². The molecule has 2 aromatic rings. The Kier molecular flexibility index (Phi) is 5.39. The average molecular weight is 300 g/mol. The number of pyridine rings is 1. The minimum absolute atomic E-state index is 0.0732. The summed E-state index contributed by atoms with van der Waals surface area (Å²) >= 11 is 0. The molecule has 118 valence electrons. The van der Waals surface area contributed by atoms with Gasteiger partial charge in [0, 0.05) is 23.7 Å². The number of hydrogen-bond donors (Lipinski definition) is 1. The highest BCUT2D eigenvalue weighted by Crippen LogP contribution is 2.26. The van der Waals surface area contributed by atoms with Gasteiger partial charge >= 0.3 is 0 Å². The van der Waals surface area contributed by atoms with Crippen molar-refractivity contribution in [3.05, 3.63) is 52.3 Å². The zero-order valence-corrected chi connectivity index (χ0v) is 13.7. The molecule has 0 spiro atoms. The van der Waals surface area contributed by atoms with Crippen molar-refractivity contribution in [3.8, 4) is 17.0 Å². The number of rotatable bonds is 6. The van der Waals surface area contributed by atoms with Crippen molar-refractivity contribution in [3.63, 3.8) is 0 Å². The monoisotopic (exact) mass is 300 g/mol. The van der Waals surface area contributed by atoms with Gasteiger partial charge in [-0.25, -0.2) is 0 Å². The molecule has 0 fully saturated rings. The quantitative estimate of drug-likeness (QED) is 0.891. The Morgan fingerprint density at radius 2 is 2.05 bits per heavy atom. The fourth-order valence-corrected chi connectivity index (χ4v) is 2.56. The molecule has 1 unspecified atom stereocenters. The first kappa shape index (κ1) is 16.3. The second-order valence-electron chi connectivity index (χ2n) is 5.44. The van der Waals surface area contributed by atoms with E-state index in [0.29, 0.717) is 6.54 Å². The van der Waals surface area contributed by atoms with Crippen LogP contribution in [0.5, 0.6) is 5.75 Å². The number of nitrogens with zero attached hydrogens (tertiary/aromatic N) is 1. The lowest BCUT2D eigenvalue weighted by Crippen LogP contribution is -2.29. The van der Waals surface area contributed by atoms with Crippen LogP contribution in [0.15, 0.2) is 41.2 Å². The van der Waals surface area contributed by atoms with Gasteiger partial charge in [-0.2, -0.15) is 0 Å². The number of aromatic nitrogens is 1. The van der Waals surface area contributed by atoms with E-state index in [4.69, 9.17) is 4.74 Å². The van der Waals surface area contributed by atoms with E-state index in [-0.39, 0.29) is 11.6 Å². The van der Waals surface area contributed by atoms with E-state index in [1.165, 1.54) is 0 Å². The van der Waals surface area contributed by atoms with Crippen molar-refractivity contribution >= 4 is 0 Å². The van der Waals surface area contributed by atoms with Crippen LogP contribution in [0.3, 0.4) is 0 Å². The van der Waals surface area contributed by atoms with Gasteiger partial charge in [0.05, 0.1) is 12.8 Å². The van der Waals surface area contributed by atoms with Gasteiger partial charge in [-0.05, 0) is 38.6 Å². The first-order valence-electron chi connectivity index (χ1n) is 7.65. The van der Waals surface area contributed by atoms with Crippen molar-refractivity contribution in [2.24, 2.45) is 0 Å². The lowest BCUT2D eigenvalue weighted by Gasteiger charge is -2.20. The molecule has 0 aliphatic heterocycles. The number of benzene rings is 1. The largest absolute Gasteiger partial charge is 0.497 e. The van der Waals surface area contributed by atoms with Gasteiger partial charge in [0.1, 0.15) is 5.75 Å². The minimum atomic E-state index is 0.0732. The van der Waals surface area contributed by atoms with Crippen molar-refractivity contribution in [1.82, 2.24) is 9.88 Å². The van der Waals surface area contributed by atoms with Crippen LogP contribution in [0, 0.1) is 0 Å². The molecule has 1 heterocycles. The van der Waals surface area contributed by atoms with Gasteiger partial charge in [-0.3, -0.25) is 4.79 Å². The summed E-state index contributed by atoms with van der Waals surface area (Å²) in [7, 11) is 3.50. The van der Waals surface area contributed by atoms with E-state index in [9.17, 15) is 4.79 Å². The number of nitrogens with one attached hydrogen (secondary N) is 1. The highest BCUT2D eigenvalue weighted by Gasteiger charge is 2.14. The molecule has 22 heavy (non-hydrogen) atoms. The van der Waals surface area contributed by atoms with Crippen molar-refractivity contribution < 1.29 is 4.74 Å². The molecule has 1 aromatic heterocycles. The maximum atomic E-state index is 12.8. The second-order valence-corrected chi connectivity index (χ2v) is 5.44. The van der Waals surface area contributed by atoms with Gasteiger partial charge in [0.25, 0.3) is 5.56 Å². The molecule has 0 aliphatic rings. The zero-order chi connectivity index (χ0) is 16.1. The predicted molar refractivity (Wildman–Crippen MR) is 90.5 cm³/mol. The molecule has 0 saturated carbocycles. The molecular formula is C18H24N2O2. The third-order valence-corrected chi connectivity index (χ3v) is 3.96. The fraction of sp³-hybridized carbons (Fsp3) is 0.389. The molecule has 1 aromatic carbocycles. The Labute approximate surface area is 131 Å². The molecule has 2 rings (SSSR count). The van der Waals surface area contributed by atoms with Crippen molar-refractivity contribution in [2.75, 3.05) is 14.2 Å². The second kappa shape index (κ2) is 7.27. The normalized spacial score (nSPS) is 12.2. The van der Waals surface area contributed by atoms with E-state index in [1.54, 1.807) is 7.11 Å². The molecule has 4 heteroatoms. The molecule has 0 radical (unpaired) electrons. The third kappa shape index (κ3) is 3.22. The first-order valence-corrected chi connectivity index (χ1v) is 7.65. The predicted octanol–water partition coefficient (Wildman–Crippen LogP) is 3.21. The van der Waals surface area contributed by atoms with Crippen LogP contribution >= 0.6 is 0 Å². The van der Waals surface area contributed by atoms with Crippen LogP contribution in [0.4, 0.5) is 0 Å². The highest BCUT2D eigenvalue weighted by molar-refractivity contribution is 5.62. The molecule has 4 nitrogen and oxygen atoms in total. The summed E-state index contributed by atoms with van der Waals surface area (Å²) in [6.45, 7) is 4.75. The Bertz CT molecular complexity index is 692. The van der Waals surface area contributed by atoms with Gasteiger partial charge in [-0.1, -0.05) is 25.1 Å². The van der Waals surface area contributed by atoms with Gasteiger partial charge in [-0.15, -0.1) is 0 Å². The van der Waals surface area contributed by atoms with Gasteiger partial charge < -0.3 is 14.6 Å². The molecular weight excluding hydrogens is 276 g/mol. The van der Waals surface area contributed by atoms with E-state index in [2.05, 4.69) is 19.2 Å². The molecule has 0 aliphatic carbocycles. The summed E-state index contributed by atoms with van der Waals surface area (Å²) in [4.78, 5) is 12.8. The maximum absolute atomic E-state index is 12.8. The van der Waals surface area contributed by atoms with Crippen molar-refractivity contribution in [1.29, 1.82) is 0 Å². The van der Waals surface area contributed by atoms with E-state index < -0.39 is 0 Å².